The molecule has 0 aromatic heterocycles. The van der Waals surface area contributed by atoms with Gasteiger partial charge in [0, 0.05) is 13.1 Å². The van der Waals surface area contributed by atoms with Crippen LogP contribution < -0.4 is 5.32 Å². The zero-order valence-corrected chi connectivity index (χ0v) is 15.2. The first-order valence-electron chi connectivity index (χ1n) is 5.99. The van der Waals surface area contributed by atoms with Crippen molar-refractivity contribution in [3.05, 3.63) is 66.7 Å². The summed E-state index contributed by atoms with van der Waals surface area (Å²) in [6.45, 7) is 1.94. The van der Waals surface area contributed by atoms with Crippen LogP contribution in [0.15, 0.2) is 46.9 Å². The Morgan fingerprint density at radius 3 is 2.75 bits per heavy atom. The van der Waals surface area contributed by atoms with Crippen molar-refractivity contribution in [2.24, 2.45) is 0 Å². The van der Waals surface area contributed by atoms with E-state index < -0.39 is 0 Å². The number of halogens is 3. The van der Waals surface area contributed by atoms with Gasteiger partial charge in [-0.15, -0.1) is 0 Å². The second-order valence-electron chi connectivity index (χ2n) is 4.37. The summed E-state index contributed by atoms with van der Waals surface area (Å²) in [6.07, 6.45) is 0. The van der Waals surface area contributed by atoms with Gasteiger partial charge in [-0.2, -0.15) is 0 Å². The highest BCUT2D eigenvalue weighted by Gasteiger charge is 2.14. The third kappa shape index (κ3) is 3.96. The Labute approximate surface area is 145 Å². The highest BCUT2D eigenvalue weighted by atomic mass is 127. The fourth-order valence-electron chi connectivity index (χ4n) is 1.81. The lowest BCUT2D eigenvalue weighted by Gasteiger charge is -2.15. The molecule has 0 saturated carbocycles. The Balaban J connectivity index is 2.17. The number of benzene rings is 2. The fraction of sp³-hybridized carbons (Fsp3) is 0.133. The summed E-state index contributed by atoms with van der Waals surface area (Å²) in [6, 6.07) is 13.0. The third-order valence-electron chi connectivity index (χ3n) is 2.87. The molecule has 2 aromatic rings. The van der Waals surface area contributed by atoms with Crippen LogP contribution in [0, 0.1) is 3.57 Å². The van der Waals surface area contributed by atoms with Crippen LogP contribution in [0.25, 0.3) is 0 Å². The van der Waals surface area contributed by atoms with E-state index in [1.807, 2.05) is 49.4 Å². The highest BCUT2D eigenvalue weighted by molar-refractivity contribution is 14.1. The van der Waals surface area contributed by atoms with E-state index >= 15 is 0 Å². The maximum absolute atomic E-state index is 12.3. The molecule has 5 heteroatoms. The zero-order chi connectivity index (χ0) is 14.7. The molecule has 0 saturated heterocycles. The monoisotopic (exact) mass is 463 g/mol. The Bertz CT molecular complexity index is 648. The van der Waals surface area contributed by atoms with Gasteiger partial charge >= 0.3 is 0 Å². The van der Waals surface area contributed by atoms with E-state index in [4.69, 9.17) is 11.6 Å². The second-order valence-corrected chi connectivity index (χ2v) is 6.89. The lowest BCUT2D eigenvalue weighted by Crippen LogP contribution is -2.27. The maximum atomic E-state index is 12.3. The molecule has 20 heavy (non-hydrogen) atoms. The number of carbonyl (C=O) groups excluding carboxylic acids is 1. The highest BCUT2D eigenvalue weighted by Crippen LogP contribution is 2.21. The SMILES string of the molecule is CC(NC(=O)c1cc(Br)ccc1I)c1cccc(Cl)c1. The minimum absolute atomic E-state index is 0.0943. The van der Waals surface area contributed by atoms with Gasteiger partial charge in [-0.3, -0.25) is 4.79 Å². The standard InChI is InChI=1S/C15H12BrClINO/c1-9(10-3-2-4-12(17)7-10)19-15(20)13-8-11(16)5-6-14(13)18/h2-9H,1H3,(H,19,20). The Hall–Kier alpha value is -0.590. The van der Waals surface area contributed by atoms with Crippen LogP contribution >= 0.6 is 50.1 Å². The molecule has 2 rings (SSSR count). The predicted octanol–water partition coefficient (Wildman–Crippen LogP) is 5.20. The van der Waals surface area contributed by atoms with Gasteiger partial charge in [0.1, 0.15) is 0 Å². The average molecular weight is 465 g/mol. The molecular formula is C15H12BrClINO. The molecule has 0 aliphatic heterocycles. The summed E-state index contributed by atoms with van der Waals surface area (Å²) in [4.78, 5) is 12.3. The van der Waals surface area contributed by atoms with Crippen LogP contribution in [-0.2, 0) is 0 Å². The molecule has 1 amide bonds. The first-order chi connectivity index (χ1) is 9.47. The summed E-state index contributed by atoms with van der Waals surface area (Å²) in [5.74, 6) is -0.0943. The summed E-state index contributed by atoms with van der Waals surface area (Å²) in [5.41, 5.74) is 1.64. The van der Waals surface area contributed by atoms with E-state index in [0.717, 1.165) is 13.6 Å². The molecule has 0 radical (unpaired) electrons. The Kier molecular flexibility index (Phi) is 5.46. The van der Waals surface area contributed by atoms with Gasteiger partial charge in [0.2, 0.25) is 0 Å². The minimum atomic E-state index is -0.101. The molecule has 0 aliphatic carbocycles. The van der Waals surface area contributed by atoms with E-state index in [1.54, 1.807) is 0 Å². The molecule has 0 aliphatic rings. The van der Waals surface area contributed by atoms with Gasteiger partial charge in [0.05, 0.1) is 11.6 Å². The Morgan fingerprint density at radius 2 is 2.05 bits per heavy atom. The first kappa shape index (κ1) is 15.8. The van der Waals surface area contributed by atoms with Crippen molar-refractivity contribution in [3.8, 4) is 0 Å². The second kappa shape index (κ2) is 6.91. The van der Waals surface area contributed by atoms with Crippen molar-refractivity contribution < 1.29 is 4.79 Å². The quantitative estimate of drug-likeness (QED) is 0.622. The van der Waals surface area contributed by atoms with Crippen molar-refractivity contribution in [2.45, 2.75) is 13.0 Å². The molecule has 1 atom stereocenters. The number of amides is 1. The fourth-order valence-corrected chi connectivity index (χ4v) is 2.95. The topological polar surface area (TPSA) is 29.1 Å². The molecule has 1 unspecified atom stereocenters. The third-order valence-corrected chi connectivity index (χ3v) is 4.54. The molecule has 2 nitrogen and oxygen atoms in total. The summed E-state index contributed by atoms with van der Waals surface area (Å²) in [5, 5.41) is 3.65. The molecule has 1 N–H and O–H groups in total. The van der Waals surface area contributed by atoms with Crippen LogP contribution in [0.4, 0.5) is 0 Å². The summed E-state index contributed by atoms with van der Waals surface area (Å²) < 4.78 is 1.81. The van der Waals surface area contributed by atoms with Crippen LogP contribution in [0.2, 0.25) is 5.02 Å². The average Bonchev–Trinajstić information content (AvgIpc) is 2.41. The lowest BCUT2D eigenvalue weighted by atomic mass is 10.1. The first-order valence-corrected chi connectivity index (χ1v) is 8.23. The smallest absolute Gasteiger partial charge is 0.252 e. The molecule has 0 heterocycles. The van der Waals surface area contributed by atoms with E-state index in [0.29, 0.717) is 10.6 Å². The number of hydrogen-bond donors (Lipinski definition) is 1. The van der Waals surface area contributed by atoms with Gasteiger partial charge in [-0.25, -0.2) is 0 Å². The molecule has 2 aromatic carbocycles. The number of nitrogens with one attached hydrogen (secondary N) is 1. The van der Waals surface area contributed by atoms with Gasteiger partial charge < -0.3 is 5.32 Å². The molecule has 0 fully saturated rings. The van der Waals surface area contributed by atoms with Crippen LogP contribution in [0.5, 0.6) is 0 Å². The van der Waals surface area contributed by atoms with Crippen molar-refractivity contribution in [2.75, 3.05) is 0 Å². The molecular weight excluding hydrogens is 452 g/mol. The number of hydrogen-bond acceptors (Lipinski definition) is 1. The molecule has 0 spiro atoms. The number of carbonyl (C=O) groups is 1. The number of rotatable bonds is 3. The predicted molar refractivity (Wildman–Crippen MR) is 94.2 cm³/mol. The molecule has 104 valence electrons. The van der Waals surface area contributed by atoms with Crippen molar-refractivity contribution in [3.63, 3.8) is 0 Å². The van der Waals surface area contributed by atoms with Crippen molar-refractivity contribution in [1.82, 2.24) is 5.32 Å². The van der Waals surface area contributed by atoms with E-state index in [9.17, 15) is 4.79 Å². The van der Waals surface area contributed by atoms with Gasteiger partial charge in [-0.05, 0) is 65.4 Å². The summed E-state index contributed by atoms with van der Waals surface area (Å²) in [7, 11) is 0. The Morgan fingerprint density at radius 1 is 1.30 bits per heavy atom. The van der Waals surface area contributed by atoms with E-state index in [1.165, 1.54) is 0 Å². The zero-order valence-electron chi connectivity index (χ0n) is 10.7. The maximum Gasteiger partial charge on any atom is 0.252 e. The van der Waals surface area contributed by atoms with Crippen LogP contribution in [-0.4, -0.2) is 5.91 Å². The lowest BCUT2D eigenvalue weighted by molar-refractivity contribution is 0.0939. The summed E-state index contributed by atoms with van der Waals surface area (Å²) >= 11 is 11.5. The minimum Gasteiger partial charge on any atom is -0.345 e. The van der Waals surface area contributed by atoms with Crippen LogP contribution in [0.3, 0.4) is 0 Å². The van der Waals surface area contributed by atoms with Gasteiger partial charge in [0.25, 0.3) is 5.91 Å². The van der Waals surface area contributed by atoms with E-state index in [2.05, 4.69) is 43.8 Å². The van der Waals surface area contributed by atoms with Crippen molar-refractivity contribution >= 4 is 56.0 Å². The largest absolute Gasteiger partial charge is 0.345 e. The van der Waals surface area contributed by atoms with Crippen LogP contribution in [0.1, 0.15) is 28.9 Å². The van der Waals surface area contributed by atoms with Gasteiger partial charge in [-0.1, -0.05) is 39.7 Å². The van der Waals surface area contributed by atoms with Gasteiger partial charge in [0.15, 0.2) is 0 Å². The van der Waals surface area contributed by atoms with Crippen molar-refractivity contribution in [1.29, 1.82) is 0 Å². The molecule has 0 bridgehead atoms. The normalized spacial score (nSPS) is 12.0. The van der Waals surface area contributed by atoms with E-state index in [-0.39, 0.29) is 11.9 Å².